The highest BCUT2D eigenvalue weighted by atomic mass is 35.5. The van der Waals surface area contributed by atoms with Gasteiger partial charge in [-0.15, -0.1) is 5.10 Å². The largest absolute Gasteiger partial charge is 0.337 e. The Hall–Kier alpha value is -2.48. The van der Waals surface area contributed by atoms with E-state index < -0.39 is 16.1 Å². The zero-order valence-corrected chi connectivity index (χ0v) is 18.2. The summed E-state index contributed by atoms with van der Waals surface area (Å²) >= 11 is 6.01. The van der Waals surface area contributed by atoms with Crippen LogP contribution in [0.4, 0.5) is 0 Å². The highest BCUT2D eigenvalue weighted by Crippen LogP contribution is 2.31. The second-order valence-electron chi connectivity index (χ2n) is 7.46. The molecule has 1 aromatic heterocycles. The van der Waals surface area contributed by atoms with Crippen LogP contribution in [0.3, 0.4) is 0 Å². The van der Waals surface area contributed by atoms with Gasteiger partial charge in [0, 0.05) is 19.1 Å². The Balaban J connectivity index is 1.83. The van der Waals surface area contributed by atoms with Gasteiger partial charge in [-0.1, -0.05) is 43.1 Å². The van der Waals surface area contributed by atoms with Crippen LogP contribution in [0.25, 0.3) is 0 Å². The lowest BCUT2D eigenvalue weighted by Crippen LogP contribution is -2.43. The number of nitrogens with one attached hydrogen (secondary N) is 2. The normalized spacial score (nSPS) is 20.1. The number of rotatable bonds is 7. The number of aromatic amines is 1. The minimum absolute atomic E-state index is 0.0788. The number of aromatic nitrogens is 3. The number of hydrogen-bond acceptors (Lipinski definition) is 6. The van der Waals surface area contributed by atoms with E-state index in [4.69, 9.17) is 11.6 Å². The van der Waals surface area contributed by atoms with E-state index in [2.05, 4.69) is 20.1 Å². The van der Waals surface area contributed by atoms with Gasteiger partial charge < -0.3 is 4.90 Å². The molecule has 160 valence electrons. The van der Waals surface area contributed by atoms with Crippen molar-refractivity contribution in [3.63, 3.8) is 0 Å². The van der Waals surface area contributed by atoms with Gasteiger partial charge in [-0.05, 0) is 30.4 Å². The van der Waals surface area contributed by atoms with Gasteiger partial charge in [0.1, 0.15) is 16.7 Å². The molecular weight excluding hydrogens is 428 g/mol. The van der Waals surface area contributed by atoms with Crippen molar-refractivity contribution in [1.29, 1.82) is 5.26 Å². The Morgan fingerprint density at radius 3 is 2.87 bits per heavy atom. The summed E-state index contributed by atoms with van der Waals surface area (Å²) in [7, 11) is -3.98. The number of amides is 1. The van der Waals surface area contributed by atoms with Gasteiger partial charge >= 0.3 is 0 Å². The average Bonchev–Trinajstić information content (AvgIpc) is 3.37. The van der Waals surface area contributed by atoms with Crippen LogP contribution in [0.5, 0.6) is 0 Å². The zero-order chi connectivity index (χ0) is 21.9. The Morgan fingerprint density at radius 2 is 2.23 bits per heavy atom. The fourth-order valence-corrected chi connectivity index (χ4v) is 5.70. The molecule has 0 aliphatic carbocycles. The minimum atomic E-state index is -3.98. The van der Waals surface area contributed by atoms with Gasteiger partial charge in [-0.2, -0.15) is 5.26 Å². The summed E-state index contributed by atoms with van der Waals surface area (Å²) in [6.45, 7) is 4.89. The van der Waals surface area contributed by atoms with Crippen LogP contribution in [0.1, 0.15) is 42.7 Å². The molecule has 0 spiro atoms. The van der Waals surface area contributed by atoms with Crippen LogP contribution < -0.4 is 4.72 Å². The topological polar surface area (TPSA) is 132 Å². The quantitative estimate of drug-likeness (QED) is 0.664. The molecule has 0 bridgehead atoms. The lowest BCUT2D eigenvalue weighted by Gasteiger charge is -2.27. The van der Waals surface area contributed by atoms with E-state index in [1.807, 2.05) is 19.9 Å². The first-order valence-corrected chi connectivity index (χ1v) is 11.5. The molecule has 1 amide bonds. The Morgan fingerprint density at radius 1 is 1.47 bits per heavy atom. The number of nitrogens with zero attached hydrogens (tertiary/aromatic N) is 4. The van der Waals surface area contributed by atoms with E-state index in [1.165, 1.54) is 24.4 Å². The molecular formula is C19H23ClN6O3S. The van der Waals surface area contributed by atoms with Crippen molar-refractivity contribution in [2.75, 3.05) is 13.1 Å². The minimum Gasteiger partial charge on any atom is -0.337 e. The first-order valence-electron chi connectivity index (χ1n) is 9.64. The SMILES string of the molecule is CCC[C@@H](NS(=O)(=O)c1cccc(Cl)c1C#N)[C@H]1CN(C(=O)c2cnn[nH]2)C[C@H]1C. The van der Waals surface area contributed by atoms with Crippen LogP contribution in [-0.4, -0.2) is 53.8 Å². The van der Waals surface area contributed by atoms with Crippen LogP contribution >= 0.6 is 11.6 Å². The van der Waals surface area contributed by atoms with E-state index in [0.29, 0.717) is 25.2 Å². The van der Waals surface area contributed by atoms with Gasteiger partial charge in [-0.25, -0.2) is 13.1 Å². The number of nitriles is 1. The monoisotopic (exact) mass is 450 g/mol. The average molecular weight is 451 g/mol. The fourth-order valence-electron chi connectivity index (χ4n) is 3.92. The number of benzene rings is 1. The predicted molar refractivity (Wildman–Crippen MR) is 110 cm³/mol. The lowest BCUT2D eigenvalue weighted by atomic mass is 9.88. The molecule has 0 saturated carbocycles. The van der Waals surface area contributed by atoms with Crippen molar-refractivity contribution in [2.45, 2.75) is 37.6 Å². The number of carbonyl (C=O) groups excluding carboxylic acids is 1. The van der Waals surface area contributed by atoms with Crippen molar-refractivity contribution in [3.8, 4) is 6.07 Å². The number of halogens is 1. The predicted octanol–water partition coefficient (Wildman–Crippen LogP) is 2.19. The first kappa shape index (κ1) is 22.2. The molecule has 1 saturated heterocycles. The number of likely N-dealkylation sites (tertiary alicyclic amines) is 1. The Labute approximate surface area is 180 Å². The van der Waals surface area contributed by atoms with Crippen molar-refractivity contribution < 1.29 is 13.2 Å². The zero-order valence-electron chi connectivity index (χ0n) is 16.7. The maximum atomic E-state index is 13.1. The standard InChI is InChI=1S/C19H23ClN6O3S/c1-3-5-16(24-30(28,29)18-7-4-6-15(20)13(18)8-21)14-11-26(10-12(14)2)19(27)17-9-22-25-23-17/h4,6-7,9,12,14,16,24H,3,5,10-11H2,1-2H3,(H,22,23,25)/t12-,14+,16-/m1/s1. The number of hydrogen-bond donors (Lipinski definition) is 2. The van der Waals surface area contributed by atoms with Crippen LogP contribution in [0, 0.1) is 23.2 Å². The molecule has 30 heavy (non-hydrogen) atoms. The molecule has 1 aliphatic rings. The molecule has 0 unspecified atom stereocenters. The second kappa shape index (κ2) is 9.12. The lowest BCUT2D eigenvalue weighted by molar-refractivity contribution is 0.0777. The summed E-state index contributed by atoms with van der Waals surface area (Å²) in [5.41, 5.74) is 0.220. The summed E-state index contributed by atoms with van der Waals surface area (Å²) in [6, 6.07) is 5.84. The highest BCUT2D eigenvalue weighted by Gasteiger charge is 2.39. The molecule has 9 nitrogen and oxygen atoms in total. The van der Waals surface area contributed by atoms with E-state index in [1.54, 1.807) is 4.90 Å². The number of carbonyl (C=O) groups is 1. The van der Waals surface area contributed by atoms with E-state index >= 15 is 0 Å². The van der Waals surface area contributed by atoms with Crippen molar-refractivity contribution in [1.82, 2.24) is 25.0 Å². The van der Waals surface area contributed by atoms with Gasteiger partial charge in [0.25, 0.3) is 5.91 Å². The molecule has 2 N–H and O–H groups in total. The summed E-state index contributed by atoms with van der Waals surface area (Å²) in [6.07, 6.45) is 2.73. The first-order chi connectivity index (χ1) is 14.3. The van der Waals surface area contributed by atoms with Crippen molar-refractivity contribution in [2.24, 2.45) is 11.8 Å². The smallest absolute Gasteiger partial charge is 0.273 e. The molecule has 2 aromatic rings. The second-order valence-corrected chi connectivity index (χ2v) is 9.55. The molecule has 3 rings (SSSR count). The van der Waals surface area contributed by atoms with Crippen molar-refractivity contribution >= 4 is 27.5 Å². The number of H-pyrrole nitrogens is 1. The molecule has 1 fully saturated rings. The Kier molecular flexibility index (Phi) is 6.75. The van der Waals surface area contributed by atoms with E-state index in [-0.39, 0.29) is 33.2 Å². The molecule has 2 heterocycles. The van der Waals surface area contributed by atoms with Gasteiger partial charge in [-0.3, -0.25) is 9.89 Å². The van der Waals surface area contributed by atoms with E-state index in [9.17, 15) is 18.5 Å². The maximum absolute atomic E-state index is 13.1. The maximum Gasteiger partial charge on any atom is 0.273 e. The van der Waals surface area contributed by atoms with Crippen molar-refractivity contribution in [3.05, 3.63) is 40.7 Å². The Bertz CT molecular complexity index is 1050. The van der Waals surface area contributed by atoms with Crippen LogP contribution in [0.2, 0.25) is 5.02 Å². The number of sulfonamides is 1. The van der Waals surface area contributed by atoms with Crippen LogP contribution in [0.15, 0.2) is 29.3 Å². The third-order valence-electron chi connectivity index (χ3n) is 5.40. The molecule has 1 aliphatic heterocycles. The third kappa shape index (κ3) is 4.48. The third-order valence-corrected chi connectivity index (χ3v) is 7.25. The van der Waals surface area contributed by atoms with Gasteiger partial charge in [0.15, 0.2) is 0 Å². The van der Waals surface area contributed by atoms with Gasteiger partial charge in [0.05, 0.1) is 16.8 Å². The van der Waals surface area contributed by atoms with Gasteiger partial charge in [0.2, 0.25) is 10.0 Å². The van der Waals surface area contributed by atoms with Crippen LogP contribution in [-0.2, 0) is 10.0 Å². The molecule has 1 aromatic carbocycles. The summed E-state index contributed by atoms with van der Waals surface area (Å²) in [5, 5.41) is 19.2. The fraction of sp³-hybridized carbons (Fsp3) is 0.474. The van der Waals surface area contributed by atoms with E-state index in [0.717, 1.165) is 6.42 Å². The molecule has 3 atom stereocenters. The summed E-state index contributed by atoms with van der Waals surface area (Å²) in [5.74, 6) is -0.211. The molecule has 0 radical (unpaired) electrons. The highest BCUT2D eigenvalue weighted by molar-refractivity contribution is 7.89. The molecule has 11 heteroatoms. The summed E-state index contributed by atoms with van der Waals surface area (Å²) < 4.78 is 29.0. The summed E-state index contributed by atoms with van der Waals surface area (Å²) in [4.78, 5) is 14.2.